The van der Waals surface area contributed by atoms with Gasteiger partial charge in [0.2, 0.25) is 0 Å². The van der Waals surface area contributed by atoms with Crippen LogP contribution in [0.1, 0.15) is 28.4 Å². The number of fused-ring (bicyclic) bond motifs is 1. The van der Waals surface area contributed by atoms with E-state index in [1.54, 1.807) is 16.9 Å². The highest BCUT2D eigenvalue weighted by Gasteiger charge is 2.11. The molecule has 0 saturated heterocycles. The lowest BCUT2D eigenvalue weighted by Gasteiger charge is -2.08. The average molecular weight is 356 g/mol. The summed E-state index contributed by atoms with van der Waals surface area (Å²) in [5, 5.41) is 12.1. The molecule has 5 heteroatoms. The van der Waals surface area contributed by atoms with Crippen LogP contribution in [0.25, 0.3) is 16.7 Å². The Morgan fingerprint density at radius 3 is 2.30 bits per heavy atom. The normalized spacial score (nSPS) is 10.9. The predicted octanol–water partition coefficient (Wildman–Crippen LogP) is 4.54. The minimum atomic E-state index is -0.138. The standard InChI is InChI=1S/C22H20N4O/c1-3-16-9-11-18(12-10-16)26-24-20-13-15(2)19(14-21(20)25-26)23-22(27)17-7-5-4-6-8-17/h4-14H,3H2,1-2H3,(H,23,27). The van der Waals surface area contributed by atoms with Crippen molar-refractivity contribution in [3.05, 3.63) is 83.4 Å². The number of anilines is 1. The third-order valence-electron chi connectivity index (χ3n) is 4.59. The van der Waals surface area contributed by atoms with E-state index in [9.17, 15) is 4.79 Å². The molecule has 3 aromatic carbocycles. The second kappa shape index (κ2) is 7.03. The molecule has 0 saturated carbocycles. The van der Waals surface area contributed by atoms with Crippen molar-refractivity contribution in [1.29, 1.82) is 0 Å². The van der Waals surface area contributed by atoms with Crippen molar-refractivity contribution in [3.8, 4) is 5.69 Å². The molecule has 0 bridgehead atoms. The number of carbonyl (C=O) groups is 1. The maximum atomic E-state index is 12.4. The highest BCUT2D eigenvalue weighted by Crippen LogP contribution is 2.23. The summed E-state index contributed by atoms with van der Waals surface area (Å²) in [7, 11) is 0. The number of rotatable bonds is 4. The van der Waals surface area contributed by atoms with E-state index < -0.39 is 0 Å². The molecule has 1 aromatic heterocycles. The molecule has 0 aliphatic carbocycles. The molecule has 27 heavy (non-hydrogen) atoms. The van der Waals surface area contributed by atoms with Crippen LogP contribution in [0.4, 0.5) is 5.69 Å². The Balaban J connectivity index is 1.65. The highest BCUT2D eigenvalue weighted by atomic mass is 16.1. The third-order valence-corrected chi connectivity index (χ3v) is 4.59. The molecule has 5 nitrogen and oxygen atoms in total. The molecule has 0 fully saturated rings. The molecule has 0 spiro atoms. The molecule has 0 aliphatic rings. The monoisotopic (exact) mass is 356 g/mol. The van der Waals surface area contributed by atoms with Gasteiger partial charge in [-0.2, -0.15) is 4.80 Å². The van der Waals surface area contributed by atoms with Gasteiger partial charge in [0.05, 0.1) is 5.69 Å². The fourth-order valence-corrected chi connectivity index (χ4v) is 2.97. The summed E-state index contributed by atoms with van der Waals surface area (Å²) in [4.78, 5) is 14.1. The summed E-state index contributed by atoms with van der Waals surface area (Å²) in [5.74, 6) is -0.138. The predicted molar refractivity (Wildman–Crippen MR) is 107 cm³/mol. The summed E-state index contributed by atoms with van der Waals surface area (Å²) in [6.07, 6.45) is 0.998. The van der Waals surface area contributed by atoms with Crippen LogP contribution in [0.5, 0.6) is 0 Å². The Kier molecular flexibility index (Phi) is 4.42. The fraction of sp³-hybridized carbons (Fsp3) is 0.136. The van der Waals surface area contributed by atoms with Crippen molar-refractivity contribution in [2.45, 2.75) is 20.3 Å². The molecule has 1 N–H and O–H groups in total. The number of benzene rings is 3. The van der Waals surface area contributed by atoms with Crippen LogP contribution >= 0.6 is 0 Å². The lowest BCUT2D eigenvalue weighted by molar-refractivity contribution is 0.102. The number of nitrogens with one attached hydrogen (secondary N) is 1. The number of aromatic nitrogens is 3. The molecule has 0 unspecified atom stereocenters. The molecule has 134 valence electrons. The van der Waals surface area contributed by atoms with Crippen LogP contribution < -0.4 is 5.32 Å². The average Bonchev–Trinajstić information content (AvgIpc) is 3.11. The fourth-order valence-electron chi connectivity index (χ4n) is 2.97. The molecular formula is C22H20N4O. The first kappa shape index (κ1) is 17.0. The number of nitrogens with zero attached hydrogens (tertiary/aromatic N) is 3. The summed E-state index contributed by atoms with van der Waals surface area (Å²) in [6.45, 7) is 4.08. The lowest BCUT2D eigenvalue weighted by atomic mass is 10.1. The summed E-state index contributed by atoms with van der Waals surface area (Å²) < 4.78 is 0. The van der Waals surface area contributed by atoms with Gasteiger partial charge in [0.25, 0.3) is 5.91 Å². The Hall–Kier alpha value is -3.47. The van der Waals surface area contributed by atoms with Gasteiger partial charge in [0.15, 0.2) is 0 Å². The molecule has 1 heterocycles. The van der Waals surface area contributed by atoms with Crippen LogP contribution in [-0.4, -0.2) is 20.9 Å². The molecule has 0 radical (unpaired) electrons. The second-order valence-electron chi connectivity index (χ2n) is 6.49. The Morgan fingerprint density at radius 1 is 0.963 bits per heavy atom. The van der Waals surface area contributed by atoms with E-state index in [4.69, 9.17) is 0 Å². The molecule has 0 aliphatic heterocycles. The van der Waals surface area contributed by atoms with Crippen molar-refractivity contribution in [1.82, 2.24) is 15.0 Å². The van der Waals surface area contributed by atoms with Gasteiger partial charge in [0, 0.05) is 11.3 Å². The van der Waals surface area contributed by atoms with E-state index in [1.807, 2.05) is 49.4 Å². The topological polar surface area (TPSA) is 59.8 Å². The Morgan fingerprint density at radius 2 is 1.63 bits per heavy atom. The highest BCUT2D eigenvalue weighted by molar-refractivity contribution is 6.05. The lowest BCUT2D eigenvalue weighted by Crippen LogP contribution is -2.12. The zero-order valence-electron chi connectivity index (χ0n) is 15.3. The summed E-state index contributed by atoms with van der Waals surface area (Å²) in [5.41, 5.74) is 6.03. The van der Waals surface area contributed by atoms with Gasteiger partial charge >= 0.3 is 0 Å². The molecule has 4 rings (SSSR count). The molecule has 1 amide bonds. The largest absolute Gasteiger partial charge is 0.322 e. The van der Waals surface area contributed by atoms with Gasteiger partial charge in [-0.05, 0) is 60.9 Å². The van der Waals surface area contributed by atoms with Gasteiger partial charge in [-0.25, -0.2) is 0 Å². The van der Waals surface area contributed by atoms with E-state index in [0.717, 1.165) is 34.4 Å². The van der Waals surface area contributed by atoms with Crippen molar-refractivity contribution in [2.24, 2.45) is 0 Å². The maximum Gasteiger partial charge on any atom is 0.255 e. The number of hydrogen-bond donors (Lipinski definition) is 1. The first-order valence-electron chi connectivity index (χ1n) is 8.97. The van der Waals surface area contributed by atoms with E-state index in [1.165, 1.54) is 5.56 Å². The zero-order chi connectivity index (χ0) is 18.8. The van der Waals surface area contributed by atoms with Crippen LogP contribution in [0.3, 0.4) is 0 Å². The van der Waals surface area contributed by atoms with E-state index in [-0.39, 0.29) is 5.91 Å². The van der Waals surface area contributed by atoms with Crippen LogP contribution in [0, 0.1) is 6.92 Å². The maximum absolute atomic E-state index is 12.4. The minimum Gasteiger partial charge on any atom is -0.322 e. The Bertz CT molecular complexity index is 1100. The first-order valence-corrected chi connectivity index (χ1v) is 8.97. The number of aryl methyl sites for hydroxylation is 2. The molecular weight excluding hydrogens is 336 g/mol. The van der Waals surface area contributed by atoms with Crippen molar-refractivity contribution in [3.63, 3.8) is 0 Å². The SMILES string of the molecule is CCc1ccc(-n2nc3cc(C)c(NC(=O)c4ccccc4)cc3n2)cc1. The van der Waals surface area contributed by atoms with E-state index in [0.29, 0.717) is 5.56 Å². The van der Waals surface area contributed by atoms with Gasteiger partial charge < -0.3 is 5.32 Å². The van der Waals surface area contributed by atoms with Crippen molar-refractivity contribution in [2.75, 3.05) is 5.32 Å². The van der Waals surface area contributed by atoms with Crippen LogP contribution in [0.15, 0.2) is 66.7 Å². The van der Waals surface area contributed by atoms with Gasteiger partial charge in [0.1, 0.15) is 11.0 Å². The number of hydrogen-bond acceptors (Lipinski definition) is 3. The quantitative estimate of drug-likeness (QED) is 0.584. The van der Waals surface area contributed by atoms with Gasteiger partial charge in [-0.3, -0.25) is 4.79 Å². The molecule has 0 atom stereocenters. The van der Waals surface area contributed by atoms with E-state index in [2.05, 4.69) is 34.6 Å². The molecule has 4 aromatic rings. The van der Waals surface area contributed by atoms with E-state index >= 15 is 0 Å². The van der Waals surface area contributed by atoms with Gasteiger partial charge in [-0.1, -0.05) is 37.3 Å². The summed E-state index contributed by atoms with van der Waals surface area (Å²) in [6, 6.07) is 21.2. The van der Waals surface area contributed by atoms with Crippen molar-refractivity contribution < 1.29 is 4.79 Å². The van der Waals surface area contributed by atoms with Crippen LogP contribution in [-0.2, 0) is 6.42 Å². The van der Waals surface area contributed by atoms with Crippen LogP contribution in [0.2, 0.25) is 0 Å². The van der Waals surface area contributed by atoms with Gasteiger partial charge in [-0.15, -0.1) is 10.2 Å². The summed E-state index contributed by atoms with van der Waals surface area (Å²) >= 11 is 0. The Labute approximate surface area is 157 Å². The second-order valence-corrected chi connectivity index (χ2v) is 6.49. The minimum absolute atomic E-state index is 0.138. The number of amides is 1. The first-order chi connectivity index (χ1) is 13.1. The number of carbonyl (C=O) groups excluding carboxylic acids is 1. The smallest absolute Gasteiger partial charge is 0.255 e. The third kappa shape index (κ3) is 3.44. The van der Waals surface area contributed by atoms with Crippen molar-refractivity contribution >= 4 is 22.6 Å². The zero-order valence-corrected chi connectivity index (χ0v) is 15.3.